The molecule has 5 nitrogen and oxygen atoms in total. The summed E-state index contributed by atoms with van der Waals surface area (Å²) in [4.78, 5) is 2.40. The third-order valence-corrected chi connectivity index (χ3v) is 3.55. The van der Waals surface area contributed by atoms with Crippen molar-refractivity contribution in [2.75, 3.05) is 33.0 Å². The predicted octanol–water partition coefficient (Wildman–Crippen LogP) is 0.965. The molecule has 0 amide bonds. The smallest absolute Gasteiger partial charge is 0.231 e. The molecule has 3 rings (SSSR count). The summed E-state index contributed by atoms with van der Waals surface area (Å²) in [6, 6.07) is 6.14. The Bertz CT molecular complexity index is 437. The molecule has 1 atom stereocenters. The highest BCUT2D eigenvalue weighted by molar-refractivity contribution is 5.44. The van der Waals surface area contributed by atoms with E-state index in [1.807, 2.05) is 6.07 Å². The zero-order valence-electron chi connectivity index (χ0n) is 11.0. The highest BCUT2D eigenvalue weighted by Gasteiger charge is 2.20. The number of hydrogen-bond donors (Lipinski definition) is 1. The molecule has 2 heterocycles. The van der Waals surface area contributed by atoms with Gasteiger partial charge in [-0.05, 0) is 30.7 Å². The fraction of sp³-hybridized carbons (Fsp3) is 0.571. The highest BCUT2D eigenvalue weighted by Crippen LogP contribution is 2.32. The van der Waals surface area contributed by atoms with Crippen LogP contribution in [0, 0.1) is 0 Å². The van der Waals surface area contributed by atoms with Gasteiger partial charge in [0.25, 0.3) is 0 Å². The first-order valence-corrected chi connectivity index (χ1v) is 6.77. The summed E-state index contributed by atoms with van der Waals surface area (Å²) in [5, 5.41) is 0. The zero-order valence-corrected chi connectivity index (χ0v) is 11.0. The van der Waals surface area contributed by atoms with Gasteiger partial charge < -0.3 is 19.9 Å². The number of benzene rings is 1. The summed E-state index contributed by atoms with van der Waals surface area (Å²) in [6.07, 6.45) is 1.20. The molecule has 0 saturated carbocycles. The van der Waals surface area contributed by atoms with Crippen LogP contribution in [0.2, 0.25) is 0 Å². The third-order valence-electron chi connectivity index (χ3n) is 3.55. The van der Waals surface area contributed by atoms with Crippen LogP contribution in [0.3, 0.4) is 0 Å². The SMILES string of the molecule is NCCC1CN(Cc2ccc3c(c2)OCO3)CCO1. The van der Waals surface area contributed by atoms with E-state index in [1.165, 1.54) is 5.56 Å². The van der Waals surface area contributed by atoms with Gasteiger partial charge in [-0.2, -0.15) is 0 Å². The predicted molar refractivity (Wildman–Crippen MR) is 71.3 cm³/mol. The van der Waals surface area contributed by atoms with E-state index in [0.29, 0.717) is 13.3 Å². The molecule has 1 fully saturated rings. The van der Waals surface area contributed by atoms with Crippen LogP contribution < -0.4 is 15.2 Å². The minimum atomic E-state index is 0.271. The molecule has 0 bridgehead atoms. The van der Waals surface area contributed by atoms with Crippen molar-refractivity contribution in [3.63, 3.8) is 0 Å². The maximum absolute atomic E-state index is 5.69. The average molecular weight is 264 g/mol. The second-order valence-electron chi connectivity index (χ2n) is 4.99. The number of nitrogens with zero attached hydrogens (tertiary/aromatic N) is 1. The lowest BCUT2D eigenvalue weighted by molar-refractivity contribution is -0.0335. The molecule has 1 aromatic rings. The highest BCUT2D eigenvalue weighted by atomic mass is 16.7. The van der Waals surface area contributed by atoms with E-state index in [0.717, 1.165) is 44.2 Å². The normalized spacial score (nSPS) is 22.7. The van der Waals surface area contributed by atoms with Crippen molar-refractivity contribution in [3.05, 3.63) is 23.8 Å². The minimum absolute atomic E-state index is 0.271. The molecule has 1 saturated heterocycles. The van der Waals surface area contributed by atoms with Crippen LogP contribution in [0.25, 0.3) is 0 Å². The van der Waals surface area contributed by atoms with Crippen molar-refractivity contribution in [2.24, 2.45) is 5.73 Å². The van der Waals surface area contributed by atoms with Crippen LogP contribution >= 0.6 is 0 Å². The van der Waals surface area contributed by atoms with Gasteiger partial charge in [-0.3, -0.25) is 4.90 Å². The maximum atomic E-state index is 5.69. The lowest BCUT2D eigenvalue weighted by Gasteiger charge is -2.32. The lowest BCUT2D eigenvalue weighted by atomic mass is 10.1. The minimum Gasteiger partial charge on any atom is -0.454 e. The third kappa shape index (κ3) is 3.00. The number of morpholine rings is 1. The summed E-state index contributed by atoms with van der Waals surface area (Å²) >= 11 is 0. The molecule has 2 N–H and O–H groups in total. The maximum Gasteiger partial charge on any atom is 0.231 e. The van der Waals surface area contributed by atoms with Gasteiger partial charge in [-0.1, -0.05) is 6.07 Å². The molecule has 0 aliphatic carbocycles. The first-order chi connectivity index (χ1) is 9.35. The molecule has 5 heteroatoms. The van der Waals surface area contributed by atoms with Crippen LogP contribution in [-0.2, 0) is 11.3 Å². The Morgan fingerprint density at radius 1 is 1.26 bits per heavy atom. The van der Waals surface area contributed by atoms with Crippen LogP contribution in [0.5, 0.6) is 11.5 Å². The molecular weight excluding hydrogens is 244 g/mol. The van der Waals surface area contributed by atoms with E-state index < -0.39 is 0 Å². The van der Waals surface area contributed by atoms with Gasteiger partial charge in [0, 0.05) is 19.6 Å². The van der Waals surface area contributed by atoms with E-state index in [-0.39, 0.29) is 6.10 Å². The van der Waals surface area contributed by atoms with Crippen molar-refractivity contribution >= 4 is 0 Å². The molecule has 1 aromatic carbocycles. The molecule has 0 radical (unpaired) electrons. The van der Waals surface area contributed by atoms with Gasteiger partial charge in [0.2, 0.25) is 6.79 Å². The number of ether oxygens (including phenoxy) is 3. The van der Waals surface area contributed by atoms with Gasteiger partial charge in [0.05, 0.1) is 12.7 Å². The molecular formula is C14H20N2O3. The molecule has 0 spiro atoms. The summed E-state index contributed by atoms with van der Waals surface area (Å²) in [5.41, 5.74) is 6.84. The molecule has 2 aliphatic heterocycles. The largest absolute Gasteiger partial charge is 0.454 e. The van der Waals surface area contributed by atoms with Crippen LogP contribution in [-0.4, -0.2) is 44.0 Å². The zero-order chi connectivity index (χ0) is 13.1. The first kappa shape index (κ1) is 12.7. The number of hydrogen-bond acceptors (Lipinski definition) is 5. The van der Waals surface area contributed by atoms with Crippen LogP contribution in [0.4, 0.5) is 0 Å². The fourth-order valence-electron chi connectivity index (χ4n) is 2.58. The summed E-state index contributed by atoms with van der Waals surface area (Å²) in [7, 11) is 0. The van der Waals surface area contributed by atoms with Crippen molar-refractivity contribution in [3.8, 4) is 11.5 Å². The molecule has 19 heavy (non-hydrogen) atoms. The summed E-state index contributed by atoms with van der Waals surface area (Å²) < 4.78 is 16.4. The van der Waals surface area contributed by atoms with Crippen molar-refractivity contribution in [1.82, 2.24) is 4.90 Å². The second-order valence-corrected chi connectivity index (χ2v) is 4.99. The number of rotatable bonds is 4. The average Bonchev–Trinajstić information content (AvgIpc) is 2.87. The van der Waals surface area contributed by atoms with E-state index >= 15 is 0 Å². The van der Waals surface area contributed by atoms with E-state index in [9.17, 15) is 0 Å². The number of fused-ring (bicyclic) bond motifs is 1. The number of nitrogens with two attached hydrogens (primary N) is 1. The molecule has 0 aromatic heterocycles. The quantitative estimate of drug-likeness (QED) is 0.878. The second kappa shape index (κ2) is 5.77. The van der Waals surface area contributed by atoms with E-state index in [4.69, 9.17) is 19.9 Å². The Kier molecular flexibility index (Phi) is 3.87. The molecule has 104 valence electrons. The lowest BCUT2D eigenvalue weighted by Crippen LogP contribution is -2.42. The molecule has 1 unspecified atom stereocenters. The molecule has 2 aliphatic rings. The van der Waals surface area contributed by atoms with E-state index in [2.05, 4.69) is 17.0 Å². The Morgan fingerprint density at radius 2 is 2.16 bits per heavy atom. The van der Waals surface area contributed by atoms with Gasteiger partial charge in [0.1, 0.15) is 0 Å². The van der Waals surface area contributed by atoms with Crippen molar-refractivity contribution in [1.29, 1.82) is 0 Å². The van der Waals surface area contributed by atoms with E-state index in [1.54, 1.807) is 0 Å². The Hall–Kier alpha value is -1.30. The van der Waals surface area contributed by atoms with Crippen molar-refractivity contribution in [2.45, 2.75) is 19.1 Å². The monoisotopic (exact) mass is 264 g/mol. The van der Waals surface area contributed by atoms with Gasteiger partial charge in [0.15, 0.2) is 11.5 Å². The van der Waals surface area contributed by atoms with Crippen LogP contribution in [0.1, 0.15) is 12.0 Å². The van der Waals surface area contributed by atoms with Gasteiger partial charge >= 0.3 is 0 Å². The van der Waals surface area contributed by atoms with Crippen molar-refractivity contribution < 1.29 is 14.2 Å². The standard InChI is InChI=1S/C14H20N2O3/c15-4-3-12-9-16(5-6-17-12)8-11-1-2-13-14(7-11)19-10-18-13/h1-2,7,12H,3-6,8-10,15H2. The fourth-order valence-corrected chi connectivity index (χ4v) is 2.58. The summed E-state index contributed by atoms with van der Waals surface area (Å²) in [5.74, 6) is 1.69. The van der Waals surface area contributed by atoms with Gasteiger partial charge in [-0.15, -0.1) is 0 Å². The summed E-state index contributed by atoms with van der Waals surface area (Å²) in [6.45, 7) is 4.63. The Balaban J connectivity index is 1.61. The topological polar surface area (TPSA) is 57.0 Å². The van der Waals surface area contributed by atoms with Crippen LogP contribution in [0.15, 0.2) is 18.2 Å². The first-order valence-electron chi connectivity index (χ1n) is 6.77. The van der Waals surface area contributed by atoms with Gasteiger partial charge in [-0.25, -0.2) is 0 Å². The Morgan fingerprint density at radius 3 is 3.05 bits per heavy atom. The Labute approximate surface area is 113 Å².